The van der Waals surface area contributed by atoms with Crippen molar-refractivity contribution in [3.8, 4) is 0 Å². The third-order valence-corrected chi connectivity index (χ3v) is 2.84. The molecule has 2 N–H and O–H groups in total. The van der Waals surface area contributed by atoms with Crippen molar-refractivity contribution in [2.75, 3.05) is 24.8 Å². The van der Waals surface area contributed by atoms with E-state index in [9.17, 15) is 4.79 Å². The van der Waals surface area contributed by atoms with Crippen LogP contribution in [0.25, 0.3) is 0 Å². The van der Waals surface area contributed by atoms with Crippen molar-refractivity contribution < 1.29 is 9.53 Å². The number of rotatable bonds is 3. The van der Waals surface area contributed by atoms with E-state index in [1.807, 2.05) is 24.1 Å². The van der Waals surface area contributed by atoms with Gasteiger partial charge in [0.1, 0.15) is 0 Å². The van der Waals surface area contributed by atoms with Gasteiger partial charge >= 0.3 is 5.97 Å². The highest BCUT2D eigenvalue weighted by atomic mass is 16.5. The average Bonchev–Trinajstić information content (AvgIpc) is 2.46. The minimum atomic E-state index is -0.401. The molecule has 0 unspecified atom stereocenters. The number of nitrogen functional groups attached to an aromatic ring is 1. The number of ether oxygens (including phenoxy) is 1. The lowest BCUT2D eigenvalue weighted by atomic mass is 10.1. The summed E-state index contributed by atoms with van der Waals surface area (Å²) in [6.07, 6.45) is 3.45. The van der Waals surface area contributed by atoms with Crippen LogP contribution >= 0.6 is 0 Å². The fraction of sp³-hybridized carbons (Fsp3) is 0.143. The highest BCUT2D eigenvalue weighted by Crippen LogP contribution is 2.29. The van der Waals surface area contributed by atoms with E-state index < -0.39 is 5.97 Å². The molecule has 0 amide bonds. The Labute approximate surface area is 111 Å². The maximum Gasteiger partial charge on any atom is 0.337 e. The molecule has 0 spiro atoms. The van der Waals surface area contributed by atoms with E-state index in [0.717, 1.165) is 11.4 Å². The number of nitrogens with zero attached hydrogens (tertiary/aromatic N) is 2. The maximum atomic E-state index is 11.4. The lowest BCUT2D eigenvalue weighted by Gasteiger charge is -2.21. The van der Waals surface area contributed by atoms with Gasteiger partial charge in [-0.25, -0.2) is 4.79 Å². The molecule has 0 fully saturated rings. The van der Waals surface area contributed by atoms with Crippen LogP contribution in [0.3, 0.4) is 0 Å². The van der Waals surface area contributed by atoms with Crippen LogP contribution in [-0.4, -0.2) is 25.1 Å². The van der Waals surface area contributed by atoms with Crippen LogP contribution in [0.2, 0.25) is 0 Å². The fourth-order valence-electron chi connectivity index (χ4n) is 1.80. The molecule has 0 saturated heterocycles. The number of pyridine rings is 1. The van der Waals surface area contributed by atoms with Crippen LogP contribution < -0.4 is 10.6 Å². The molecule has 0 aliphatic carbocycles. The first kappa shape index (κ1) is 12.9. The number of aromatic nitrogens is 1. The Bertz CT molecular complexity index is 584. The summed E-state index contributed by atoms with van der Waals surface area (Å²) in [5.74, 6) is -0.401. The van der Waals surface area contributed by atoms with Gasteiger partial charge in [-0.1, -0.05) is 0 Å². The van der Waals surface area contributed by atoms with Crippen molar-refractivity contribution in [1.82, 2.24) is 4.98 Å². The summed E-state index contributed by atoms with van der Waals surface area (Å²) in [7, 11) is 3.23. The van der Waals surface area contributed by atoms with Crippen LogP contribution in [0.5, 0.6) is 0 Å². The molecule has 0 saturated carbocycles. The Morgan fingerprint density at radius 1 is 1.37 bits per heavy atom. The van der Waals surface area contributed by atoms with Crippen molar-refractivity contribution in [2.24, 2.45) is 0 Å². The number of carbonyl (C=O) groups excluding carboxylic acids is 1. The molecule has 98 valence electrons. The van der Waals surface area contributed by atoms with Gasteiger partial charge in [-0.3, -0.25) is 4.98 Å². The molecule has 0 aliphatic heterocycles. The lowest BCUT2D eigenvalue weighted by Crippen LogP contribution is -2.12. The molecule has 5 heteroatoms. The van der Waals surface area contributed by atoms with Gasteiger partial charge in [0.05, 0.1) is 35.9 Å². The number of carbonyl (C=O) groups is 1. The molecule has 1 aromatic carbocycles. The SMILES string of the molecule is COC(=O)c1ccc(N(C)c2cccnc2)c(N)c1. The zero-order chi connectivity index (χ0) is 13.8. The Balaban J connectivity index is 2.34. The predicted octanol–water partition coefficient (Wildman–Crippen LogP) is 2.22. The number of hydrogen-bond acceptors (Lipinski definition) is 5. The van der Waals surface area contributed by atoms with E-state index in [1.54, 1.807) is 30.6 Å². The fourth-order valence-corrected chi connectivity index (χ4v) is 1.80. The molecule has 1 aromatic heterocycles. The first-order chi connectivity index (χ1) is 9.13. The summed E-state index contributed by atoms with van der Waals surface area (Å²) in [6, 6.07) is 8.86. The Hall–Kier alpha value is -2.56. The van der Waals surface area contributed by atoms with Crippen LogP contribution in [0.15, 0.2) is 42.7 Å². The minimum absolute atomic E-state index is 0.401. The monoisotopic (exact) mass is 257 g/mol. The second kappa shape index (κ2) is 5.39. The van der Waals surface area contributed by atoms with Crippen LogP contribution in [-0.2, 0) is 4.74 Å². The van der Waals surface area contributed by atoms with Gasteiger partial charge < -0.3 is 15.4 Å². The van der Waals surface area contributed by atoms with Crippen LogP contribution in [0.1, 0.15) is 10.4 Å². The van der Waals surface area contributed by atoms with Gasteiger partial charge in [0.2, 0.25) is 0 Å². The zero-order valence-corrected chi connectivity index (χ0v) is 10.8. The van der Waals surface area contributed by atoms with Gasteiger partial charge in [-0.05, 0) is 30.3 Å². The van der Waals surface area contributed by atoms with Crippen LogP contribution in [0.4, 0.5) is 17.1 Å². The number of anilines is 3. The highest BCUT2D eigenvalue weighted by molar-refractivity contribution is 5.92. The average molecular weight is 257 g/mol. The van der Waals surface area contributed by atoms with Gasteiger partial charge in [0, 0.05) is 13.2 Å². The summed E-state index contributed by atoms with van der Waals surface area (Å²) in [4.78, 5) is 17.4. The molecule has 0 bridgehead atoms. The van der Waals surface area contributed by atoms with Crippen molar-refractivity contribution in [3.63, 3.8) is 0 Å². The third-order valence-electron chi connectivity index (χ3n) is 2.84. The van der Waals surface area contributed by atoms with E-state index in [1.165, 1.54) is 7.11 Å². The molecule has 2 aromatic rings. The summed E-state index contributed by atoms with van der Waals surface area (Å²) in [5.41, 5.74) is 8.65. The molecular weight excluding hydrogens is 242 g/mol. The number of benzene rings is 1. The quantitative estimate of drug-likeness (QED) is 0.674. The molecule has 5 nitrogen and oxygen atoms in total. The van der Waals surface area contributed by atoms with Crippen molar-refractivity contribution >= 4 is 23.0 Å². The van der Waals surface area contributed by atoms with Gasteiger partial charge in [0.15, 0.2) is 0 Å². The summed E-state index contributed by atoms with van der Waals surface area (Å²) >= 11 is 0. The molecule has 0 radical (unpaired) electrons. The molecular formula is C14H15N3O2. The van der Waals surface area contributed by atoms with Gasteiger partial charge in [-0.15, -0.1) is 0 Å². The van der Waals surface area contributed by atoms with E-state index in [2.05, 4.69) is 9.72 Å². The second-order valence-corrected chi connectivity index (χ2v) is 4.04. The number of methoxy groups -OCH3 is 1. The van der Waals surface area contributed by atoms with E-state index in [4.69, 9.17) is 5.73 Å². The Morgan fingerprint density at radius 3 is 2.74 bits per heavy atom. The standard InChI is InChI=1S/C14H15N3O2/c1-17(11-4-3-7-16-9-11)13-6-5-10(8-12(13)15)14(18)19-2/h3-9H,15H2,1-2H3. The third kappa shape index (κ3) is 2.65. The van der Waals surface area contributed by atoms with Crippen LogP contribution in [0, 0.1) is 0 Å². The minimum Gasteiger partial charge on any atom is -0.465 e. The summed E-state index contributed by atoms with van der Waals surface area (Å²) in [5, 5.41) is 0. The normalized spacial score (nSPS) is 10.0. The Kier molecular flexibility index (Phi) is 3.66. The van der Waals surface area contributed by atoms with E-state index in [0.29, 0.717) is 11.3 Å². The first-order valence-electron chi connectivity index (χ1n) is 5.75. The van der Waals surface area contributed by atoms with Crippen molar-refractivity contribution in [3.05, 3.63) is 48.3 Å². The molecule has 2 rings (SSSR count). The van der Waals surface area contributed by atoms with E-state index in [-0.39, 0.29) is 0 Å². The van der Waals surface area contributed by atoms with E-state index >= 15 is 0 Å². The predicted molar refractivity (Wildman–Crippen MR) is 74.5 cm³/mol. The molecule has 19 heavy (non-hydrogen) atoms. The van der Waals surface area contributed by atoms with Crippen molar-refractivity contribution in [1.29, 1.82) is 0 Å². The topological polar surface area (TPSA) is 68.5 Å². The molecule has 1 heterocycles. The number of esters is 1. The number of nitrogens with two attached hydrogens (primary N) is 1. The molecule has 0 atom stereocenters. The molecule has 0 aliphatic rings. The van der Waals surface area contributed by atoms with Gasteiger partial charge in [-0.2, -0.15) is 0 Å². The number of hydrogen-bond donors (Lipinski definition) is 1. The summed E-state index contributed by atoms with van der Waals surface area (Å²) < 4.78 is 4.66. The second-order valence-electron chi connectivity index (χ2n) is 4.04. The smallest absolute Gasteiger partial charge is 0.337 e. The van der Waals surface area contributed by atoms with Crippen molar-refractivity contribution in [2.45, 2.75) is 0 Å². The first-order valence-corrected chi connectivity index (χ1v) is 5.75. The highest BCUT2D eigenvalue weighted by Gasteiger charge is 2.11. The lowest BCUT2D eigenvalue weighted by molar-refractivity contribution is 0.0601. The largest absolute Gasteiger partial charge is 0.465 e. The maximum absolute atomic E-state index is 11.4. The zero-order valence-electron chi connectivity index (χ0n) is 10.8. The Morgan fingerprint density at radius 2 is 2.16 bits per heavy atom. The summed E-state index contributed by atoms with van der Waals surface area (Å²) in [6.45, 7) is 0. The van der Waals surface area contributed by atoms with Gasteiger partial charge in [0.25, 0.3) is 0 Å².